The number of aliphatic hydroxyl groups excluding tert-OH is 3. The fourth-order valence-corrected chi connectivity index (χ4v) is 30.4. The molecular formula is C81H134I2O17. The zero-order valence-corrected chi connectivity index (χ0v) is 67.4. The number of aliphatic hydroxyl groups is 5. The third-order valence-corrected chi connectivity index (χ3v) is 33.9. The van der Waals surface area contributed by atoms with Crippen LogP contribution in [0.3, 0.4) is 0 Å². The van der Waals surface area contributed by atoms with E-state index in [1.54, 1.807) is 19.4 Å². The number of halogens is 2. The quantitative estimate of drug-likeness (QED) is 0.0634. The van der Waals surface area contributed by atoms with E-state index >= 15 is 0 Å². The summed E-state index contributed by atoms with van der Waals surface area (Å²) in [6, 6.07) is 0. The van der Waals surface area contributed by atoms with Gasteiger partial charge in [0.15, 0.2) is 0 Å². The second-order valence-corrected chi connectivity index (χ2v) is 50.0. The van der Waals surface area contributed by atoms with Gasteiger partial charge in [-0.25, -0.2) is 0 Å². The van der Waals surface area contributed by atoms with Gasteiger partial charge >= 0.3 is 349 Å². The number of allylic oxidation sites excluding steroid dienone is 10. The standard InChI is InChI=1S/2C27H45IO7.C27H44O3/c1-18-10-15-24-25(35-28(30,31,32,33)34-24)21(18)12-11-20-9-7-17-27(5)22(13-14-23(20)27)19(2)8-6-16-26(3,4)29;1-18-8-12-22(29)17-21(18)11-10-20-7-6-16-27(5)23(13-14-24(20)27)19(2)9-15-25-26(3,4)35-28(30,31,32,33)34-25;1-18(8-6-14-26(3,4)30)23-12-13-24-20(9-7-15-27(23,24)5)10-11-21-16-22(28)17-25(29)19(21)2/h11-12,19,22-25,29-32H,1,6-10,13-17H2,2-5H3;10-11,19,22-25,29-32H,1,6-9,12-17H2,2-5H3;10-11,18,22-25,28-30H,2,6-9,12-17H2,1,3-5H3/b20-11+,21-12+;2*20-10+,21-11-/t19-,22-,23+,24+,25-,27-;19-,22+,23-,24+,25-,27-;18-,22-,23-,24+,25+,27-/m111/s1. The van der Waals surface area contributed by atoms with Crippen molar-refractivity contribution >= 4 is 0 Å². The molecule has 574 valence electrons. The first kappa shape index (κ1) is 82.5. The first-order chi connectivity index (χ1) is 45.8. The molecule has 18 atom stereocenters. The SMILES string of the molecule is C=C1/C(=C\C=C2/CCC[C@]3(C)[C@@H]([C@H](C)CCCC(C)(C)O)CC[C@@H]23)C[C@@H](O)C[C@@H]1O.C=C1CC[C@@H]2O[I+]([O-])(O)(O)(O)O[C@@H]2/C1=C/C=C1\CCC[C@]2(C)[C@@H]([C@H](C)CCCC(C)(C)O)CC[C@@H]12.C=C1CC[C@H](O)C/C1=C/C=C1\CCC[C@]2(C)[C@@H]([C@H](C)CC[C@H]3O[I+]([O-])(O)(O)(O)OC3(C)C)CC[C@@H]12. The van der Waals surface area contributed by atoms with Crippen LogP contribution in [0, 0.1) is 69.5 Å². The van der Waals surface area contributed by atoms with Gasteiger partial charge in [-0.2, -0.15) is 0 Å². The van der Waals surface area contributed by atoms with Crippen molar-refractivity contribution < 1.29 is 102 Å². The number of hydrogen-bond acceptors (Lipinski definition) is 17. The van der Waals surface area contributed by atoms with E-state index in [0.29, 0.717) is 96.9 Å². The van der Waals surface area contributed by atoms with E-state index in [-0.39, 0.29) is 16.9 Å². The van der Waals surface area contributed by atoms with Crippen LogP contribution in [0.25, 0.3) is 0 Å². The Bertz CT molecular complexity index is 3200. The fraction of sp³-hybridized carbons (Fsp3) is 0.778. The van der Waals surface area contributed by atoms with Crippen LogP contribution in [0.15, 0.2) is 106 Å². The average Bonchev–Trinajstić information content (AvgIpc) is 1.55. The second-order valence-electron chi connectivity index (χ2n) is 36.2. The molecule has 0 aromatic heterocycles. The predicted molar refractivity (Wildman–Crippen MR) is 381 cm³/mol. The van der Waals surface area contributed by atoms with Crippen LogP contribution in [0.4, 0.5) is 0 Å². The van der Waals surface area contributed by atoms with Gasteiger partial charge in [-0.05, 0) is 133 Å². The van der Waals surface area contributed by atoms with Gasteiger partial charge in [0.25, 0.3) is 0 Å². The van der Waals surface area contributed by atoms with Crippen LogP contribution in [0.1, 0.15) is 276 Å². The molecule has 0 spiro atoms. The summed E-state index contributed by atoms with van der Waals surface area (Å²) in [7, 11) is 0. The molecule has 0 unspecified atom stereocenters. The molecule has 0 aromatic rings. The number of fused-ring (bicyclic) bond motifs is 4. The molecule has 11 aliphatic rings. The molecule has 0 aromatic carbocycles. The van der Waals surface area contributed by atoms with Crippen molar-refractivity contribution in [2.24, 2.45) is 69.5 Å². The first-order valence-corrected chi connectivity index (χ1v) is 49.5. The first-order valence-electron chi connectivity index (χ1n) is 38.4. The summed E-state index contributed by atoms with van der Waals surface area (Å²) in [4.78, 5) is 0. The van der Waals surface area contributed by atoms with Gasteiger partial charge < -0.3 is 25.5 Å². The summed E-state index contributed by atoms with van der Waals surface area (Å²) in [5.41, 5.74) is 8.32. The Labute approximate surface area is 602 Å². The topological polar surface area (TPSA) is 306 Å². The van der Waals surface area contributed by atoms with Gasteiger partial charge in [0, 0.05) is 6.42 Å². The minimum absolute atomic E-state index is 0.195. The Hall–Kier alpha value is -1.56. The molecule has 2 heterocycles. The molecule has 9 aliphatic carbocycles. The van der Waals surface area contributed by atoms with Crippen LogP contribution in [-0.4, -0.2) is 99.6 Å². The molecule has 2 aliphatic heterocycles. The van der Waals surface area contributed by atoms with E-state index in [0.717, 1.165) is 125 Å². The van der Waals surface area contributed by atoms with Crippen LogP contribution in [-0.2, 0) is 12.3 Å². The van der Waals surface area contributed by atoms with Crippen LogP contribution >= 0.6 is 0 Å². The third-order valence-electron chi connectivity index (χ3n) is 26.7. The van der Waals surface area contributed by atoms with Crippen LogP contribution in [0.5, 0.6) is 0 Å². The normalized spacial score (nSPS) is 42.4. The van der Waals surface area contributed by atoms with Crippen molar-refractivity contribution in [3.05, 3.63) is 106 Å². The summed E-state index contributed by atoms with van der Waals surface area (Å²) in [5, 5.41) is 50.3. The van der Waals surface area contributed by atoms with Gasteiger partial charge in [-0.15, -0.1) is 0 Å². The molecule has 2 saturated heterocycles. The van der Waals surface area contributed by atoms with Crippen molar-refractivity contribution in [2.45, 2.75) is 329 Å². The average molecular weight is 1630 g/mol. The number of rotatable bonds is 17. The number of hydrogen-bond donors (Lipinski definition) is 11. The molecule has 19 heteroatoms. The van der Waals surface area contributed by atoms with Gasteiger partial charge in [-0.1, -0.05) is 63.1 Å². The van der Waals surface area contributed by atoms with E-state index in [1.807, 2.05) is 33.8 Å². The Morgan fingerprint density at radius 2 is 0.950 bits per heavy atom. The zero-order chi connectivity index (χ0) is 74.0. The Morgan fingerprint density at radius 1 is 0.520 bits per heavy atom. The molecule has 9 saturated carbocycles. The minimum atomic E-state index is -8.00. The summed E-state index contributed by atoms with van der Waals surface area (Å²) in [6.45, 7) is 37.5. The van der Waals surface area contributed by atoms with Crippen molar-refractivity contribution in [1.29, 1.82) is 0 Å². The molecule has 100 heavy (non-hydrogen) atoms. The van der Waals surface area contributed by atoms with Crippen molar-refractivity contribution in [2.75, 3.05) is 0 Å². The van der Waals surface area contributed by atoms with E-state index in [2.05, 4.69) is 91.7 Å². The molecule has 17 nitrogen and oxygen atoms in total. The van der Waals surface area contributed by atoms with Gasteiger partial charge in [-0.3, -0.25) is 0 Å². The molecule has 11 N–H and O–H groups in total. The Morgan fingerprint density at radius 3 is 1.40 bits per heavy atom. The van der Waals surface area contributed by atoms with Crippen LogP contribution in [0.2, 0.25) is 0 Å². The van der Waals surface area contributed by atoms with Gasteiger partial charge in [0.1, 0.15) is 0 Å². The van der Waals surface area contributed by atoms with Crippen molar-refractivity contribution in [3.8, 4) is 0 Å². The molecular weight excluding hydrogens is 1500 g/mol. The van der Waals surface area contributed by atoms with E-state index in [9.17, 15) is 53.0 Å². The molecule has 11 rings (SSSR count). The summed E-state index contributed by atoms with van der Waals surface area (Å²) in [6.07, 6.45) is 38.2. The van der Waals surface area contributed by atoms with E-state index in [4.69, 9.17) is 12.3 Å². The monoisotopic (exact) mass is 1630 g/mol. The summed E-state index contributed by atoms with van der Waals surface area (Å²) < 4.78 is 104. The molecule has 11 fully saturated rings. The summed E-state index contributed by atoms with van der Waals surface area (Å²) in [5.74, 6) is 5.26. The van der Waals surface area contributed by atoms with E-state index < -0.39 is 83.6 Å². The summed E-state index contributed by atoms with van der Waals surface area (Å²) >= 11 is -15.9. The van der Waals surface area contributed by atoms with Gasteiger partial charge in [0.05, 0.1) is 29.5 Å². The van der Waals surface area contributed by atoms with E-state index in [1.165, 1.54) is 74.5 Å². The van der Waals surface area contributed by atoms with Crippen molar-refractivity contribution in [3.63, 3.8) is 0 Å². The van der Waals surface area contributed by atoms with Crippen molar-refractivity contribution in [1.82, 2.24) is 0 Å². The molecule has 0 bridgehead atoms. The Kier molecular flexibility index (Phi) is 24.0. The molecule has 0 radical (unpaired) electrons. The zero-order valence-electron chi connectivity index (χ0n) is 63.1. The second kappa shape index (κ2) is 29.1. The third kappa shape index (κ3) is 20.0. The predicted octanol–water partition coefficient (Wildman–Crippen LogP) is 7.36. The Balaban J connectivity index is 0.000000176. The van der Waals surface area contributed by atoms with Crippen LogP contribution < -0.4 is 43.2 Å². The fourth-order valence-electron chi connectivity index (χ4n) is 21.6. The maximum absolute atomic E-state index is 12.3. The van der Waals surface area contributed by atoms with Gasteiger partial charge in [0.2, 0.25) is 0 Å². The maximum atomic E-state index is 12.3. The molecule has 0 amide bonds.